The van der Waals surface area contributed by atoms with E-state index >= 15 is 0 Å². The lowest BCUT2D eigenvalue weighted by Crippen LogP contribution is -2.68. The number of rotatable bonds is 7. The third-order valence-corrected chi connectivity index (χ3v) is 5.31. The molecule has 3 atom stereocenters. The summed E-state index contributed by atoms with van der Waals surface area (Å²) in [6, 6.07) is 4.29. The van der Waals surface area contributed by atoms with E-state index < -0.39 is 33.7 Å². The van der Waals surface area contributed by atoms with Crippen molar-refractivity contribution in [2.45, 2.75) is 46.3 Å². The lowest BCUT2D eigenvalue weighted by atomic mass is 9.89. The van der Waals surface area contributed by atoms with E-state index in [-0.39, 0.29) is 47.9 Å². The molecule has 3 unspecified atom stereocenters. The number of carbonyl (C=O) groups is 3. The van der Waals surface area contributed by atoms with E-state index in [4.69, 9.17) is 4.74 Å². The van der Waals surface area contributed by atoms with Crippen molar-refractivity contribution in [2.75, 3.05) is 13.2 Å². The zero-order chi connectivity index (χ0) is 22.6. The molecule has 0 spiro atoms. The van der Waals surface area contributed by atoms with Crippen LogP contribution in [0.5, 0.6) is 0 Å². The Kier molecular flexibility index (Phi) is 6.93. The molecule has 1 amide bonds. The molecular formula is C20H25N3O7. The van der Waals surface area contributed by atoms with Crippen molar-refractivity contribution in [3.05, 3.63) is 51.2 Å². The summed E-state index contributed by atoms with van der Waals surface area (Å²) in [4.78, 5) is 47.8. The minimum Gasteiger partial charge on any atom is -0.545 e. The van der Waals surface area contributed by atoms with Crippen LogP contribution in [-0.2, 0) is 14.3 Å². The molecule has 0 fully saturated rings. The first-order valence-electron chi connectivity index (χ1n) is 9.53. The molecule has 30 heavy (non-hydrogen) atoms. The Morgan fingerprint density at radius 3 is 2.50 bits per heavy atom. The van der Waals surface area contributed by atoms with Crippen LogP contribution in [0, 0.1) is 10.1 Å². The van der Waals surface area contributed by atoms with Gasteiger partial charge < -0.3 is 20.0 Å². The summed E-state index contributed by atoms with van der Waals surface area (Å²) in [5, 5.41) is 26.4. The Balaban J connectivity index is 2.85. The number of amides is 1. The molecule has 1 aliphatic rings. The molecule has 0 aliphatic carbocycles. The van der Waals surface area contributed by atoms with Gasteiger partial charge in [-0.3, -0.25) is 14.9 Å². The van der Waals surface area contributed by atoms with Crippen LogP contribution >= 0.6 is 0 Å². The van der Waals surface area contributed by atoms with E-state index in [9.17, 15) is 29.6 Å². The topological polar surface area (TPSA) is 139 Å². The van der Waals surface area contributed by atoms with Gasteiger partial charge in [0.25, 0.3) is 5.69 Å². The molecule has 1 heterocycles. The summed E-state index contributed by atoms with van der Waals surface area (Å²) < 4.78 is 4.70. The van der Waals surface area contributed by atoms with E-state index in [0.717, 1.165) is 0 Å². The molecule has 10 nitrogen and oxygen atoms in total. The number of non-ortho nitro benzene ring substituents is 1. The van der Waals surface area contributed by atoms with Gasteiger partial charge in [0.1, 0.15) is 5.78 Å². The second-order valence-corrected chi connectivity index (χ2v) is 7.21. The Bertz CT molecular complexity index is 911. The molecule has 1 aromatic rings. The van der Waals surface area contributed by atoms with Crippen molar-refractivity contribution < 1.29 is 33.6 Å². The van der Waals surface area contributed by atoms with Crippen LogP contribution < -0.4 is 10.4 Å². The summed E-state index contributed by atoms with van der Waals surface area (Å²) >= 11 is 0. The van der Waals surface area contributed by atoms with E-state index in [1.165, 1.54) is 38.1 Å². The van der Waals surface area contributed by atoms with Gasteiger partial charge >= 0.3 is 6.09 Å². The molecule has 0 aromatic heterocycles. The number of nitro benzene ring substituents is 1. The van der Waals surface area contributed by atoms with Gasteiger partial charge in [-0.15, -0.1) is 0 Å². The molecule has 1 N–H and O–H groups in total. The van der Waals surface area contributed by atoms with Crippen LogP contribution in [0.25, 0.3) is 0 Å². The number of allylic oxidation sites excluding steroid dienone is 1. The van der Waals surface area contributed by atoms with Crippen LogP contribution in [0.3, 0.4) is 0 Å². The third kappa shape index (κ3) is 4.18. The maximum atomic E-state index is 13.2. The summed E-state index contributed by atoms with van der Waals surface area (Å²) in [5.41, 5.74) is 0.0559. The average molecular weight is 419 g/mol. The quantitative estimate of drug-likeness (QED) is 0.399. The number of carboxylic acids is 1. The van der Waals surface area contributed by atoms with Crippen molar-refractivity contribution in [3.63, 3.8) is 0 Å². The van der Waals surface area contributed by atoms with Crippen LogP contribution in [-0.4, -0.2) is 46.6 Å². The molecule has 0 saturated carbocycles. The van der Waals surface area contributed by atoms with Crippen LogP contribution in [0.4, 0.5) is 10.5 Å². The van der Waals surface area contributed by atoms with Crippen molar-refractivity contribution >= 4 is 23.5 Å². The van der Waals surface area contributed by atoms with E-state index in [0.29, 0.717) is 0 Å². The van der Waals surface area contributed by atoms with Crippen molar-refractivity contribution in [3.8, 4) is 0 Å². The Morgan fingerprint density at radius 2 is 1.97 bits per heavy atom. The summed E-state index contributed by atoms with van der Waals surface area (Å²) in [7, 11) is 0. The number of ketones is 1. The summed E-state index contributed by atoms with van der Waals surface area (Å²) in [6.45, 7) is 6.18. The molecule has 1 aromatic carbocycles. The van der Waals surface area contributed by atoms with Crippen molar-refractivity contribution in [2.24, 2.45) is 0 Å². The number of nitro groups is 1. The minimum atomic E-state index is -1.52. The van der Waals surface area contributed by atoms with Gasteiger partial charge in [0.2, 0.25) is 0 Å². The number of nitrogens with zero attached hydrogens (tertiary/aromatic N) is 2. The largest absolute Gasteiger partial charge is 0.545 e. The van der Waals surface area contributed by atoms with E-state index in [1.54, 1.807) is 13.8 Å². The Morgan fingerprint density at radius 1 is 1.30 bits per heavy atom. The smallest absolute Gasteiger partial charge is 0.518 e. The fourth-order valence-electron chi connectivity index (χ4n) is 3.93. The van der Waals surface area contributed by atoms with Crippen LogP contribution in [0.1, 0.15) is 45.7 Å². The Labute approximate surface area is 173 Å². The summed E-state index contributed by atoms with van der Waals surface area (Å²) in [5.74, 6) is -1.71. The van der Waals surface area contributed by atoms with Crippen LogP contribution in [0.15, 0.2) is 35.5 Å². The number of Topliss-reactive ketones (excluding diaryl/α,β-unsaturated/α-hetero) is 1. The number of nitrogens with one attached hydrogen (secondary N) is 1. The zero-order valence-electron chi connectivity index (χ0n) is 17.3. The van der Waals surface area contributed by atoms with E-state index in [2.05, 4.69) is 5.32 Å². The maximum absolute atomic E-state index is 13.2. The number of hydrogen-bond donors (Lipinski definition) is 1. The SMILES string of the molecule is CCOC(=O)[N+]1(CCC(C)=O)C(C)NC(C)=C(C(=O)[O-])C1c1cccc([N+](=O)[O-])c1. The molecule has 0 bridgehead atoms. The van der Waals surface area contributed by atoms with Gasteiger partial charge in [0, 0.05) is 30.3 Å². The fourth-order valence-corrected chi connectivity index (χ4v) is 3.93. The number of carboxylic acid groups (broad SMARTS) is 1. The van der Waals surface area contributed by atoms with Crippen molar-refractivity contribution in [1.29, 1.82) is 0 Å². The van der Waals surface area contributed by atoms with Crippen LogP contribution in [0.2, 0.25) is 0 Å². The predicted octanol–water partition coefficient (Wildman–Crippen LogP) is 1.56. The highest BCUT2D eigenvalue weighted by Gasteiger charge is 2.55. The molecule has 2 rings (SSSR count). The van der Waals surface area contributed by atoms with Gasteiger partial charge in [-0.25, -0.2) is 0 Å². The van der Waals surface area contributed by atoms with Gasteiger partial charge in [-0.1, -0.05) is 12.1 Å². The number of carbonyl (C=O) groups excluding carboxylic acids is 3. The van der Waals surface area contributed by atoms with Gasteiger partial charge in [0.15, 0.2) is 12.2 Å². The standard InChI is InChI=1S/C20H25N3O7/c1-5-30-20(27)23(10-9-12(2)24)14(4)21-13(3)17(19(25)26)18(23)15-7-6-8-16(11-15)22(28)29/h6-8,11,14,18,21H,5,9-10H2,1-4H3. The summed E-state index contributed by atoms with van der Waals surface area (Å²) in [6.07, 6.45) is -1.42. The normalized spacial score (nSPS) is 23.5. The highest BCUT2D eigenvalue weighted by atomic mass is 16.6. The lowest BCUT2D eigenvalue weighted by molar-refractivity contribution is -0.909. The third-order valence-electron chi connectivity index (χ3n) is 5.31. The molecule has 162 valence electrons. The fraction of sp³-hybridized carbons (Fsp3) is 0.450. The second-order valence-electron chi connectivity index (χ2n) is 7.21. The number of quaternary nitrogens is 1. The lowest BCUT2D eigenvalue weighted by Gasteiger charge is -2.49. The first-order chi connectivity index (χ1) is 14.1. The highest BCUT2D eigenvalue weighted by Crippen LogP contribution is 2.43. The Hall–Kier alpha value is -3.27. The van der Waals surface area contributed by atoms with Gasteiger partial charge in [0.05, 0.1) is 36.0 Å². The predicted molar refractivity (Wildman–Crippen MR) is 104 cm³/mol. The number of hydrogen-bond acceptors (Lipinski definition) is 8. The molecular weight excluding hydrogens is 394 g/mol. The molecule has 0 radical (unpaired) electrons. The monoisotopic (exact) mass is 419 g/mol. The molecule has 10 heteroatoms. The maximum Gasteiger partial charge on any atom is 0.518 e. The first kappa shape index (κ1) is 23.0. The van der Waals surface area contributed by atoms with Gasteiger partial charge in [-0.05, 0) is 20.8 Å². The van der Waals surface area contributed by atoms with Crippen molar-refractivity contribution in [1.82, 2.24) is 5.32 Å². The number of ether oxygens (including phenoxy) is 1. The first-order valence-corrected chi connectivity index (χ1v) is 9.53. The highest BCUT2D eigenvalue weighted by molar-refractivity contribution is 5.88. The second kappa shape index (κ2) is 9.04. The molecule has 1 aliphatic heterocycles. The van der Waals surface area contributed by atoms with Gasteiger partial charge in [-0.2, -0.15) is 9.28 Å². The molecule has 0 saturated heterocycles. The minimum absolute atomic E-state index is 0.0182. The number of aliphatic carboxylic acids is 1. The number of benzene rings is 1. The average Bonchev–Trinajstić information content (AvgIpc) is 2.66. The zero-order valence-corrected chi connectivity index (χ0v) is 17.3. The van der Waals surface area contributed by atoms with E-state index in [1.807, 2.05) is 0 Å².